The Morgan fingerprint density at radius 3 is 2.94 bits per heavy atom. The minimum Gasteiger partial charge on any atom is -0.395 e. The fourth-order valence-corrected chi connectivity index (χ4v) is 1.49. The Morgan fingerprint density at radius 2 is 2.19 bits per heavy atom. The Balaban J connectivity index is 2.37. The lowest BCUT2D eigenvalue weighted by Gasteiger charge is -2.11. The van der Waals surface area contributed by atoms with Crippen LogP contribution >= 0.6 is 0 Å². The zero-order chi connectivity index (χ0) is 11.5. The van der Waals surface area contributed by atoms with Gasteiger partial charge in [-0.2, -0.15) is 0 Å². The highest BCUT2D eigenvalue weighted by atomic mass is 14.9. The lowest BCUT2D eigenvalue weighted by Crippen LogP contribution is -2.10. The van der Waals surface area contributed by atoms with E-state index in [4.69, 9.17) is 5.73 Å². The van der Waals surface area contributed by atoms with Crippen LogP contribution in [0.3, 0.4) is 0 Å². The first kappa shape index (κ1) is 10.7. The molecule has 0 aromatic carbocycles. The van der Waals surface area contributed by atoms with Gasteiger partial charge in [-0.1, -0.05) is 13.8 Å². The molecule has 0 radical (unpaired) electrons. The van der Waals surface area contributed by atoms with E-state index in [1.807, 2.05) is 12.1 Å². The van der Waals surface area contributed by atoms with Gasteiger partial charge < -0.3 is 11.1 Å². The van der Waals surface area contributed by atoms with E-state index in [0.29, 0.717) is 11.6 Å². The number of pyridine rings is 2. The number of fused-ring (bicyclic) bond motifs is 1. The van der Waals surface area contributed by atoms with E-state index in [0.717, 1.165) is 23.3 Å². The number of aromatic nitrogens is 2. The third-order valence-corrected chi connectivity index (χ3v) is 2.37. The highest BCUT2D eigenvalue weighted by molar-refractivity contribution is 5.92. The predicted octanol–water partition coefficient (Wildman–Crippen LogP) is 2.28. The third kappa shape index (κ3) is 2.05. The summed E-state index contributed by atoms with van der Waals surface area (Å²) in [5.41, 5.74) is 9.16. The molecular formula is C12H16N4. The molecule has 84 valence electrons. The highest BCUT2D eigenvalue weighted by Gasteiger charge is 2.06. The smallest absolute Gasteiger partial charge is 0.114 e. The molecule has 2 aromatic heterocycles. The second-order valence-corrected chi connectivity index (χ2v) is 4.23. The van der Waals surface area contributed by atoms with Crippen LogP contribution in [0.1, 0.15) is 13.8 Å². The zero-order valence-corrected chi connectivity index (χ0v) is 9.57. The largest absolute Gasteiger partial charge is 0.395 e. The van der Waals surface area contributed by atoms with Crippen LogP contribution in [0.5, 0.6) is 0 Å². The van der Waals surface area contributed by atoms with E-state index in [2.05, 4.69) is 29.1 Å². The first-order chi connectivity index (χ1) is 7.68. The summed E-state index contributed by atoms with van der Waals surface area (Å²) in [6.07, 6.45) is 3.49. The molecule has 0 atom stereocenters. The molecule has 4 heteroatoms. The summed E-state index contributed by atoms with van der Waals surface area (Å²) in [5.74, 6) is 0.568. The molecule has 0 bridgehead atoms. The fourth-order valence-electron chi connectivity index (χ4n) is 1.49. The molecule has 0 saturated carbocycles. The molecule has 2 heterocycles. The van der Waals surface area contributed by atoms with Gasteiger partial charge in [0, 0.05) is 12.7 Å². The molecule has 0 unspecified atom stereocenters. The Labute approximate surface area is 94.9 Å². The van der Waals surface area contributed by atoms with Crippen LogP contribution in [0.15, 0.2) is 24.5 Å². The average molecular weight is 216 g/mol. The molecule has 2 aromatic rings. The maximum Gasteiger partial charge on any atom is 0.114 e. The maximum atomic E-state index is 6.04. The minimum atomic E-state index is 0.568. The first-order valence-electron chi connectivity index (χ1n) is 5.41. The van der Waals surface area contributed by atoms with E-state index in [9.17, 15) is 0 Å². The maximum absolute atomic E-state index is 6.04. The number of nitrogens with one attached hydrogen (secondary N) is 1. The summed E-state index contributed by atoms with van der Waals surface area (Å²) >= 11 is 0. The molecule has 0 fully saturated rings. The van der Waals surface area contributed by atoms with Crippen molar-refractivity contribution in [3.8, 4) is 0 Å². The zero-order valence-electron chi connectivity index (χ0n) is 9.57. The van der Waals surface area contributed by atoms with Crippen LogP contribution in [0.4, 0.5) is 11.4 Å². The van der Waals surface area contributed by atoms with Crippen LogP contribution in [0.2, 0.25) is 0 Å². The molecule has 0 spiro atoms. The quantitative estimate of drug-likeness (QED) is 0.826. The van der Waals surface area contributed by atoms with Gasteiger partial charge in [0.1, 0.15) is 5.52 Å². The van der Waals surface area contributed by atoms with Gasteiger partial charge in [0.2, 0.25) is 0 Å². The van der Waals surface area contributed by atoms with Crippen molar-refractivity contribution in [3.05, 3.63) is 24.5 Å². The Kier molecular flexibility index (Phi) is 2.90. The molecular weight excluding hydrogens is 200 g/mol. The summed E-state index contributed by atoms with van der Waals surface area (Å²) < 4.78 is 0. The molecule has 3 N–H and O–H groups in total. The van der Waals surface area contributed by atoms with Crippen molar-refractivity contribution >= 4 is 22.4 Å². The van der Waals surface area contributed by atoms with E-state index in [1.165, 1.54) is 0 Å². The first-order valence-corrected chi connectivity index (χ1v) is 5.41. The summed E-state index contributed by atoms with van der Waals surface area (Å²) in [7, 11) is 0. The highest BCUT2D eigenvalue weighted by Crippen LogP contribution is 2.24. The van der Waals surface area contributed by atoms with Crippen LogP contribution < -0.4 is 11.1 Å². The fraction of sp³-hybridized carbons (Fsp3) is 0.333. The molecule has 0 amide bonds. The van der Waals surface area contributed by atoms with Crippen molar-refractivity contribution in [1.82, 2.24) is 9.97 Å². The molecule has 0 aliphatic heterocycles. The molecule has 2 rings (SSSR count). The lowest BCUT2D eigenvalue weighted by molar-refractivity contribution is 0.689. The van der Waals surface area contributed by atoms with Gasteiger partial charge in [-0.3, -0.25) is 9.97 Å². The number of nitrogens with zero attached hydrogens (tertiary/aromatic N) is 2. The van der Waals surface area contributed by atoms with Gasteiger partial charge in [0.25, 0.3) is 0 Å². The van der Waals surface area contributed by atoms with Gasteiger partial charge in [0.05, 0.1) is 23.1 Å². The second-order valence-electron chi connectivity index (χ2n) is 4.23. The molecule has 0 saturated heterocycles. The summed E-state index contributed by atoms with van der Waals surface area (Å²) in [6.45, 7) is 5.18. The van der Waals surface area contributed by atoms with Crippen LogP contribution in [0.25, 0.3) is 11.0 Å². The van der Waals surface area contributed by atoms with Crippen LogP contribution in [-0.2, 0) is 0 Å². The van der Waals surface area contributed by atoms with Gasteiger partial charge >= 0.3 is 0 Å². The summed E-state index contributed by atoms with van der Waals surface area (Å²) in [6, 6.07) is 3.76. The van der Waals surface area contributed by atoms with Crippen molar-refractivity contribution in [2.24, 2.45) is 5.92 Å². The van der Waals surface area contributed by atoms with Crippen molar-refractivity contribution in [2.45, 2.75) is 13.8 Å². The minimum absolute atomic E-state index is 0.568. The van der Waals surface area contributed by atoms with Crippen molar-refractivity contribution < 1.29 is 0 Å². The van der Waals surface area contributed by atoms with Gasteiger partial charge in [-0.25, -0.2) is 0 Å². The number of rotatable bonds is 3. The monoisotopic (exact) mass is 216 g/mol. The summed E-state index contributed by atoms with van der Waals surface area (Å²) in [5, 5.41) is 3.28. The van der Waals surface area contributed by atoms with E-state index < -0.39 is 0 Å². The van der Waals surface area contributed by atoms with E-state index in [-0.39, 0.29) is 0 Å². The van der Waals surface area contributed by atoms with E-state index in [1.54, 1.807) is 12.4 Å². The Bertz CT molecular complexity index is 493. The summed E-state index contributed by atoms with van der Waals surface area (Å²) in [4.78, 5) is 8.56. The van der Waals surface area contributed by atoms with Gasteiger partial charge in [0.15, 0.2) is 0 Å². The number of nitrogens with two attached hydrogens (primary N) is 1. The molecule has 0 aliphatic rings. The number of hydrogen-bond acceptors (Lipinski definition) is 4. The number of anilines is 2. The van der Waals surface area contributed by atoms with Crippen molar-refractivity contribution in [2.75, 3.05) is 17.6 Å². The van der Waals surface area contributed by atoms with Crippen LogP contribution in [0, 0.1) is 5.92 Å². The number of hydrogen-bond donors (Lipinski definition) is 2. The molecule has 16 heavy (non-hydrogen) atoms. The second kappa shape index (κ2) is 4.35. The van der Waals surface area contributed by atoms with Gasteiger partial charge in [-0.15, -0.1) is 0 Å². The standard InChI is InChI=1S/C12H16N4/c1-8(2)6-15-10-7-16-9-4-3-5-14-12(9)11(10)13/h3-5,7-8,15H,6H2,1-2H3,(H2,13,16). The lowest BCUT2D eigenvalue weighted by atomic mass is 10.2. The topological polar surface area (TPSA) is 63.8 Å². The van der Waals surface area contributed by atoms with Gasteiger partial charge in [-0.05, 0) is 18.1 Å². The normalized spacial score (nSPS) is 10.9. The third-order valence-electron chi connectivity index (χ3n) is 2.37. The predicted molar refractivity (Wildman–Crippen MR) is 67.3 cm³/mol. The number of nitrogen functional groups attached to an aromatic ring is 1. The SMILES string of the molecule is CC(C)CNc1cnc2cccnc2c1N. The van der Waals surface area contributed by atoms with E-state index >= 15 is 0 Å². The Hall–Kier alpha value is -1.84. The Morgan fingerprint density at radius 1 is 1.38 bits per heavy atom. The molecule has 4 nitrogen and oxygen atoms in total. The molecule has 0 aliphatic carbocycles. The van der Waals surface area contributed by atoms with Crippen LogP contribution in [-0.4, -0.2) is 16.5 Å². The average Bonchev–Trinajstić information content (AvgIpc) is 2.28. The van der Waals surface area contributed by atoms with Crippen molar-refractivity contribution in [1.29, 1.82) is 0 Å². The van der Waals surface area contributed by atoms with Crippen molar-refractivity contribution in [3.63, 3.8) is 0 Å².